The molecule has 106 valence electrons. The van der Waals surface area contributed by atoms with Crippen molar-refractivity contribution in [2.75, 3.05) is 17.7 Å². The van der Waals surface area contributed by atoms with Crippen molar-refractivity contribution in [2.45, 2.75) is 33.1 Å². The average Bonchev–Trinajstić information content (AvgIpc) is 2.37. The van der Waals surface area contributed by atoms with Crippen molar-refractivity contribution in [3.05, 3.63) is 41.7 Å². The Morgan fingerprint density at radius 1 is 1.05 bits per heavy atom. The molecule has 1 heterocycles. The largest absolute Gasteiger partial charge is 0.384 e. The zero-order chi connectivity index (χ0) is 14.9. The van der Waals surface area contributed by atoms with E-state index in [1.807, 2.05) is 11.9 Å². The van der Waals surface area contributed by atoms with Crippen molar-refractivity contribution in [3.63, 3.8) is 0 Å². The molecule has 0 fully saturated rings. The number of hydrogen-bond donors (Lipinski definition) is 1. The van der Waals surface area contributed by atoms with E-state index in [4.69, 9.17) is 5.73 Å². The van der Waals surface area contributed by atoms with Crippen LogP contribution in [0.25, 0.3) is 0 Å². The molecular weight excluding hydrogens is 248 g/mol. The van der Waals surface area contributed by atoms with Gasteiger partial charge in [-0.1, -0.05) is 38.5 Å². The lowest BCUT2D eigenvalue weighted by atomic mass is 9.96. The summed E-state index contributed by atoms with van der Waals surface area (Å²) in [5.41, 5.74) is 8.10. The van der Waals surface area contributed by atoms with Gasteiger partial charge in [-0.25, -0.2) is 9.97 Å². The van der Waals surface area contributed by atoms with Gasteiger partial charge in [-0.2, -0.15) is 0 Å². The van der Waals surface area contributed by atoms with E-state index in [1.165, 1.54) is 5.56 Å². The summed E-state index contributed by atoms with van der Waals surface area (Å²) in [6, 6.07) is 10.1. The second kappa shape index (κ2) is 5.12. The first-order chi connectivity index (χ1) is 9.27. The number of nitrogen functional groups attached to an aromatic ring is 1. The molecule has 0 bridgehead atoms. The van der Waals surface area contributed by atoms with Crippen LogP contribution < -0.4 is 10.6 Å². The van der Waals surface area contributed by atoms with Gasteiger partial charge in [0.1, 0.15) is 17.5 Å². The van der Waals surface area contributed by atoms with Gasteiger partial charge in [-0.3, -0.25) is 0 Å². The molecule has 20 heavy (non-hydrogen) atoms. The number of rotatable bonds is 2. The summed E-state index contributed by atoms with van der Waals surface area (Å²) in [7, 11) is 1.98. The van der Waals surface area contributed by atoms with Gasteiger partial charge in [-0.15, -0.1) is 0 Å². The number of aryl methyl sites for hydroxylation is 1. The monoisotopic (exact) mass is 270 g/mol. The normalized spacial score (nSPS) is 11.4. The molecule has 0 unspecified atom stereocenters. The lowest BCUT2D eigenvalue weighted by Gasteiger charge is -2.22. The van der Waals surface area contributed by atoms with Crippen LogP contribution in [0.3, 0.4) is 0 Å². The zero-order valence-electron chi connectivity index (χ0n) is 12.8. The summed E-state index contributed by atoms with van der Waals surface area (Å²) in [5.74, 6) is 2.07. The summed E-state index contributed by atoms with van der Waals surface area (Å²) in [5, 5.41) is 0. The van der Waals surface area contributed by atoms with Gasteiger partial charge in [0.15, 0.2) is 0 Å². The molecule has 2 aromatic rings. The van der Waals surface area contributed by atoms with Crippen LogP contribution >= 0.6 is 0 Å². The third-order valence-electron chi connectivity index (χ3n) is 3.17. The summed E-state index contributed by atoms with van der Waals surface area (Å²) >= 11 is 0. The highest BCUT2D eigenvalue weighted by molar-refractivity contribution is 5.61. The zero-order valence-corrected chi connectivity index (χ0v) is 12.8. The van der Waals surface area contributed by atoms with Crippen molar-refractivity contribution < 1.29 is 0 Å². The van der Waals surface area contributed by atoms with Crippen LogP contribution in [0.15, 0.2) is 30.3 Å². The molecule has 0 amide bonds. The average molecular weight is 270 g/mol. The Morgan fingerprint density at radius 2 is 1.65 bits per heavy atom. The van der Waals surface area contributed by atoms with Crippen LogP contribution in [0.4, 0.5) is 17.3 Å². The fraction of sp³-hybridized carbons (Fsp3) is 0.375. The van der Waals surface area contributed by atoms with Gasteiger partial charge < -0.3 is 10.6 Å². The molecule has 2 N–H and O–H groups in total. The van der Waals surface area contributed by atoms with Crippen LogP contribution in [0, 0.1) is 6.92 Å². The molecule has 0 radical (unpaired) electrons. The molecule has 0 aliphatic heterocycles. The molecule has 0 aliphatic carbocycles. The molecular formula is C16H22N4. The van der Waals surface area contributed by atoms with Crippen molar-refractivity contribution in [1.29, 1.82) is 0 Å². The molecule has 1 aromatic carbocycles. The number of hydrogen-bond acceptors (Lipinski definition) is 4. The van der Waals surface area contributed by atoms with Gasteiger partial charge in [0.2, 0.25) is 0 Å². The Morgan fingerprint density at radius 3 is 2.20 bits per heavy atom. The quantitative estimate of drug-likeness (QED) is 0.908. The van der Waals surface area contributed by atoms with Crippen molar-refractivity contribution in [3.8, 4) is 0 Å². The molecule has 4 heteroatoms. The van der Waals surface area contributed by atoms with Crippen LogP contribution in [0.5, 0.6) is 0 Å². The highest BCUT2D eigenvalue weighted by atomic mass is 15.2. The van der Waals surface area contributed by atoms with E-state index in [2.05, 4.69) is 61.9 Å². The second-order valence-corrected chi connectivity index (χ2v) is 6.12. The number of benzene rings is 1. The maximum absolute atomic E-state index is 5.92. The van der Waals surface area contributed by atoms with Crippen LogP contribution in [0.2, 0.25) is 0 Å². The highest BCUT2D eigenvalue weighted by Gasteiger charge is 2.19. The fourth-order valence-electron chi connectivity index (χ4n) is 1.86. The SMILES string of the molecule is Cc1ccc(N(C)c2cc(N)nc(C(C)(C)C)n2)cc1. The van der Waals surface area contributed by atoms with Crippen LogP contribution in [0.1, 0.15) is 32.2 Å². The van der Waals surface area contributed by atoms with E-state index in [-0.39, 0.29) is 5.41 Å². The van der Waals surface area contributed by atoms with Gasteiger partial charge in [0.05, 0.1) is 0 Å². The molecule has 2 rings (SSSR count). The molecule has 0 aliphatic rings. The third-order valence-corrected chi connectivity index (χ3v) is 3.17. The Labute approximate surface area is 120 Å². The summed E-state index contributed by atoms with van der Waals surface area (Å²) in [6.07, 6.45) is 0. The van der Waals surface area contributed by atoms with Gasteiger partial charge >= 0.3 is 0 Å². The number of anilines is 3. The molecule has 0 saturated carbocycles. The van der Waals surface area contributed by atoms with E-state index in [9.17, 15) is 0 Å². The lowest BCUT2D eigenvalue weighted by molar-refractivity contribution is 0.546. The maximum Gasteiger partial charge on any atom is 0.138 e. The van der Waals surface area contributed by atoms with E-state index in [0.717, 1.165) is 17.3 Å². The molecule has 0 spiro atoms. The second-order valence-electron chi connectivity index (χ2n) is 6.12. The number of aromatic nitrogens is 2. The first-order valence-electron chi connectivity index (χ1n) is 6.73. The van der Waals surface area contributed by atoms with E-state index >= 15 is 0 Å². The minimum atomic E-state index is -0.127. The maximum atomic E-state index is 5.92. The van der Waals surface area contributed by atoms with Gasteiger partial charge in [0.25, 0.3) is 0 Å². The molecule has 0 atom stereocenters. The van der Waals surface area contributed by atoms with Gasteiger partial charge in [-0.05, 0) is 19.1 Å². The number of nitrogens with two attached hydrogens (primary N) is 1. The minimum absolute atomic E-state index is 0.127. The third kappa shape index (κ3) is 3.07. The Balaban J connectivity index is 2.42. The minimum Gasteiger partial charge on any atom is -0.384 e. The molecule has 0 saturated heterocycles. The topological polar surface area (TPSA) is 55.0 Å². The number of nitrogens with zero attached hydrogens (tertiary/aromatic N) is 3. The van der Waals surface area contributed by atoms with E-state index < -0.39 is 0 Å². The van der Waals surface area contributed by atoms with Gasteiger partial charge in [0, 0.05) is 24.2 Å². The first kappa shape index (κ1) is 14.3. The van der Waals surface area contributed by atoms with Crippen molar-refractivity contribution >= 4 is 17.3 Å². The fourth-order valence-corrected chi connectivity index (χ4v) is 1.86. The first-order valence-corrected chi connectivity index (χ1v) is 6.73. The van der Waals surface area contributed by atoms with Crippen molar-refractivity contribution in [1.82, 2.24) is 9.97 Å². The van der Waals surface area contributed by atoms with Crippen LogP contribution in [-0.4, -0.2) is 17.0 Å². The highest BCUT2D eigenvalue weighted by Crippen LogP contribution is 2.26. The predicted octanol–water partition coefficient (Wildman–Crippen LogP) is 3.43. The van der Waals surface area contributed by atoms with E-state index in [0.29, 0.717) is 5.82 Å². The standard InChI is InChI=1S/C16H22N4/c1-11-6-8-12(9-7-11)20(5)14-10-13(17)18-15(19-14)16(2,3)4/h6-10H,1-5H3,(H2,17,18,19). The predicted molar refractivity (Wildman–Crippen MR) is 84.4 cm³/mol. The summed E-state index contributed by atoms with van der Waals surface area (Å²) in [4.78, 5) is 11.0. The summed E-state index contributed by atoms with van der Waals surface area (Å²) < 4.78 is 0. The Hall–Kier alpha value is -2.10. The molecule has 4 nitrogen and oxygen atoms in total. The lowest BCUT2D eigenvalue weighted by Crippen LogP contribution is -2.20. The smallest absolute Gasteiger partial charge is 0.138 e. The van der Waals surface area contributed by atoms with E-state index in [1.54, 1.807) is 6.07 Å². The van der Waals surface area contributed by atoms with Crippen molar-refractivity contribution in [2.24, 2.45) is 0 Å². The Bertz CT molecular complexity index is 597. The Kier molecular flexibility index (Phi) is 3.66. The van der Waals surface area contributed by atoms with Crippen LogP contribution in [-0.2, 0) is 5.41 Å². The molecule has 1 aromatic heterocycles. The summed E-state index contributed by atoms with van der Waals surface area (Å²) in [6.45, 7) is 8.32.